The number of aromatic nitrogens is 2. The number of non-ortho nitro benzene ring substituents is 1. The Labute approximate surface area is 127 Å². The topological polar surface area (TPSA) is 116 Å². The molecule has 0 atom stereocenters. The predicted molar refractivity (Wildman–Crippen MR) is 63.8 cm³/mol. The van der Waals surface area contributed by atoms with Crippen molar-refractivity contribution in [3.8, 4) is 12.1 Å². The van der Waals surface area contributed by atoms with E-state index in [0.29, 0.717) is 5.56 Å². The van der Waals surface area contributed by atoms with Gasteiger partial charge in [-0.2, -0.15) is 19.3 Å². The second-order valence-electron chi connectivity index (χ2n) is 3.08. The monoisotopic (exact) mass is 268 g/mol. The van der Waals surface area contributed by atoms with Crippen LogP contribution < -0.4 is 0 Å². The van der Waals surface area contributed by atoms with Crippen LogP contribution in [0.2, 0.25) is 0 Å². The minimum Gasteiger partial charge on any atom is -0.258 e. The Morgan fingerprint density at radius 3 is 2.44 bits per heavy atom. The molecule has 9 heteroatoms. The molecule has 0 unspecified atom stereocenters. The number of hydrogen-bond donors (Lipinski definition) is 0. The summed E-state index contributed by atoms with van der Waals surface area (Å²) in [6.07, 6.45) is 0. The van der Waals surface area contributed by atoms with Gasteiger partial charge in [0.25, 0.3) is 5.69 Å². The van der Waals surface area contributed by atoms with Crippen LogP contribution in [0.4, 0.5) is 5.69 Å². The van der Waals surface area contributed by atoms with Crippen LogP contribution in [0.3, 0.4) is 0 Å². The molecule has 0 aliphatic carbocycles. The molecule has 1 radical (unpaired) electrons. The van der Waals surface area contributed by atoms with Crippen molar-refractivity contribution in [3.63, 3.8) is 0 Å². The standard InChI is InChI=1S/C9H3N5O2S.Na/c10-3-5(4-11)6-1-2-7(14(15)16)9-8(6)12-17-13-9;/h1-2,5H;. The molecule has 0 saturated carbocycles. The third kappa shape index (κ3) is 2.33. The molecule has 0 bridgehead atoms. The zero-order valence-corrected chi connectivity index (χ0v) is 12.0. The van der Waals surface area contributed by atoms with Gasteiger partial charge in [0, 0.05) is 41.2 Å². The Bertz CT molecular complexity index is 672. The maximum Gasteiger partial charge on any atom is 0.298 e. The number of nitro groups is 1. The molecule has 7 nitrogen and oxygen atoms in total. The summed E-state index contributed by atoms with van der Waals surface area (Å²) < 4.78 is 7.72. The summed E-state index contributed by atoms with van der Waals surface area (Å²) in [7, 11) is 0. The third-order valence-corrected chi connectivity index (χ3v) is 2.72. The molecule has 0 amide bonds. The van der Waals surface area contributed by atoms with Gasteiger partial charge in [-0.1, -0.05) is 0 Å². The quantitative estimate of drug-likeness (QED) is 0.461. The summed E-state index contributed by atoms with van der Waals surface area (Å²) in [5.41, 5.74) is 0.543. The van der Waals surface area contributed by atoms with E-state index in [0.717, 1.165) is 11.7 Å². The van der Waals surface area contributed by atoms with Crippen molar-refractivity contribution in [1.29, 1.82) is 10.5 Å². The first-order valence-electron chi connectivity index (χ1n) is 4.38. The zero-order chi connectivity index (χ0) is 12.4. The van der Waals surface area contributed by atoms with E-state index in [9.17, 15) is 10.1 Å². The largest absolute Gasteiger partial charge is 0.298 e. The van der Waals surface area contributed by atoms with Crippen molar-refractivity contribution >= 4 is 58.0 Å². The van der Waals surface area contributed by atoms with Crippen molar-refractivity contribution in [2.24, 2.45) is 0 Å². The van der Waals surface area contributed by atoms with Gasteiger partial charge >= 0.3 is 0 Å². The van der Waals surface area contributed by atoms with Crippen molar-refractivity contribution in [2.75, 3.05) is 0 Å². The SMILES string of the molecule is N#CC(C#N)c1ccc([N+](=O)[O-])c2nsnc12.[Na]. The van der Waals surface area contributed by atoms with Gasteiger partial charge in [-0.3, -0.25) is 10.1 Å². The zero-order valence-electron chi connectivity index (χ0n) is 9.19. The molecule has 0 aliphatic heterocycles. The number of fused-ring (bicyclic) bond motifs is 1. The fraction of sp³-hybridized carbons (Fsp3) is 0.111. The number of nitrogens with zero attached hydrogens (tertiary/aromatic N) is 5. The van der Waals surface area contributed by atoms with Crippen molar-refractivity contribution in [3.05, 3.63) is 27.8 Å². The van der Waals surface area contributed by atoms with Crippen LogP contribution in [0.5, 0.6) is 0 Å². The van der Waals surface area contributed by atoms with Crippen LogP contribution in [0.25, 0.3) is 11.0 Å². The minimum atomic E-state index is -0.998. The van der Waals surface area contributed by atoms with E-state index in [1.165, 1.54) is 12.1 Å². The van der Waals surface area contributed by atoms with Gasteiger partial charge in [0.1, 0.15) is 5.52 Å². The molecule has 0 saturated heterocycles. The van der Waals surface area contributed by atoms with Gasteiger partial charge in [-0.25, -0.2) is 0 Å². The van der Waals surface area contributed by atoms with E-state index in [-0.39, 0.29) is 46.3 Å². The van der Waals surface area contributed by atoms with Crippen LogP contribution in [0.15, 0.2) is 12.1 Å². The second-order valence-corrected chi connectivity index (χ2v) is 3.61. The maximum atomic E-state index is 10.7. The van der Waals surface area contributed by atoms with E-state index in [1.807, 2.05) is 0 Å². The molecular weight excluding hydrogens is 265 g/mol. The predicted octanol–water partition coefficient (Wildman–Crippen LogP) is 1.35. The normalized spacial score (nSPS) is 9.50. The molecule has 2 rings (SSSR count). The molecule has 0 spiro atoms. The summed E-state index contributed by atoms with van der Waals surface area (Å²) in [6, 6.07) is 6.22. The van der Waals surface area contributed by atoms with Gasteiger partial charge in [0.15, 0.2) is 11.4 Å². The average molecular weight is 268 g/mol. The number of nitro benzene ring substituents is 1. The second kappa shape index (κ2) is 5.85. The summed E-state index contributed by atoms with van der Waals surface area (Å²) in [4.78, 5) is 10.2. The van der Waals surface area contributed by atoms with Crippen molar-refractivity contribution < 1.29 is 4.92 Å². The summed E-state index contributed by atoms with van der Waals surface area (Å²) in [5, 5.41) is 28.4. The maximum absolute atomic E-state index is 10.7. The molecule has 2 aromatic rings. The van der Waals surface area contributed by atoms with E-state index >= 15 is 0 Å². The van der Waals surface area contributed by atoms with Crippen molar-refractivity contribution in [1.82, 2.24) is 8.75 Å². The van der Waals surface area contributed by atoms with E-state index in [2.05, 4.69) is 8.75 Å². The molecule has 1 heterocycles. The molecule has 0 fully saturated rings. The van der Waals surface area contributed by atoms with E-state index in [1.54, 1.807) is 12.1 Å². The van der Waals surface area contributed by atoms with Gasteiger partial charge in [0.05, 0.1) is 28.8 Å². The number of benzene rings is 1. The first-order valence-corrected chi connectivity index (χ1v) is 5.11. The Hall–Kier alpha value is -1.58. The van der Waals surface area contributed by atoms with Crippen LogP contribution in [0, 0.1) is 32.8 Å². The molecule has 83 valence electrons. The first kappa shape index (κ1) is 14.5. The Morgan fingerprint density at radius 2 is 1.89 bits per heavy atom. The third-order valence-electron chi connectivity index (χ3n) is 2.19. The first-order chi connectivity index (χ1) is 8.19. The Balaban J connectivity index is 0.00000162. The summed E-state index contributed by atoms with van der Waals surface area (Å²) in [5.74, 6) is -0.998. The van der Waals surface area contributed by atoms with Gasteiger partial charge in [-0.15, -0.1) is 0 Å². The molecule has 1 aromatic carbocycles. The van der Waals surface area contributed by atoms with Crippen LogP contribution in [0.1, 0.15) is 11.5 Å². The summed E-state index contributed by atoms with van der Waals surface area (Å²) in [6.45, 7) is 0. The Kier molecular flexibility index (Phi) is 4.70. The smallest absolute Gasteiger partial charge is 0.258 e. The fourth-order valence-electron chi connectivity index (χ4n) is 1.42. The van der Waals surface area contributed by atoms with Gasteiger partial charge in [0.2, 0.25) is 0 Å². The van der Waals surface area contributed by atoms with Crippen LogP contribution in [-0.2, 0) is 0 Å². The van der Waals surface area contributed by atoms with Crippen LogP contribution >= 0.6 is 11.7 Å². The number of rotatable bonds is 2. The van der Waals surface area contributed by atoms with Gasteiger partial charge in [-0.05, 0) is 6.07 Å². The molecule has 0 aliphatic rings. The Morgan fingerprint density at radius 1 is 1.28 bits per heavy atom. The molecule has 0 N–H and O–H groups in total. The number of hydrogen-bond acceptors (Lipinski definition) is 7. The van der Waals surface area contributed by atoms with Crippen molar-refractivity contribution in [2.45, 2.75) is 5.92 Å². The molecular formula is C9H3N5NaO2S. The summed E-state index contributed by atoms with van der Waals surface area (Å²) >= 11 is 0.814. The van der Waals surface area contributed by atoms with Crippen LogP contribution in [-0.4, -0.2) is 43.2 Å². The average Bonchev–Trinajstić information content (AvgIpc) is 2.79. The fourth-order valence-corrected chi connectivity index (χ4v) is 2.00. The molecule has 1 aromatic heterocycles. The minimum absolute atomic E-state index is 0. The van der Waals surface area contributed by atoms with Gasteiger partial charge < -0.3 is 0 Å². The number of nitriles is 2. The molecule has 18 heavy (non-hydrogen) atoms. The van der Waals surface area contributed by atoms with E-state index in [4.69, 9.17) is 10.5 Å². The van der Waals surface area contributed by atoms with E-state index < -0.39 is 10.8 Å².